The van der Waals surface area contributed by atoms with Crippen molar-refractivity contribution >= 4 is 15.9 Å². The Morgan fingerprint density at radius 2 is 2.15 bits per heavy atom. The quantitative estimate of drug-likeness (QED) is 0.841. The zero-order chi connectivity index (χ0) is 9.68. The summed E-state index contributed by atoms with van der Waals surface area (Å²) in [5.74, 6) is 0.726. The van der Waals surface area contributed by atoms with E-state index in [0.717, 1.165) is 15.8 Å². The minimum Gasteiger partial charge on any atom is -0.491 e. The maximum absolute atomic E-state index is 8.56. The van der Waals surface area contributed by atoms with Crippen molar-refractivity contribution < 1.29 is 9.84 Å². The number of hydrogen-bond donors (Lipinski definition) is 2. The number of ether oxygens (including phenoxy) is 1. The first-order chi connectivity index (χ1) is 6.26. The Hall–Kier alpha value is -0.580. The fourth-order valence-electron chi connectivity index (χ4n) is 0.985. The first kappa shape index (κ1) is 10.5. The second kappa shape index (κ2) is 5.21. The van der Waals surface area contributed by atoms with Gasteiger partial charge in [-0.15, -0.1) is 0 Å². The Morgan fingerprint density at radius 3 is 2.77 bits per heavy atom. The Bertz CT molecular complexity index is 278. The van der Waals surface area contributed by atoms with Gasteiger partial charge in [-0.3, -0.25) is 0 Å². The lowest BCUT2D eigenvalue weighted by atomic mass is 10.2. The number of aliphatic hydroxyl groups excluding tert-OH is 1. The number of nitrogens with two attached hydrogens (primary N) is 1. The number of rotatable bonds is 4. The number of benzene rings is 1. The van der Waals surface area contributed by atoms with Gasteiger partial charge in [-0.2, -0.15) is 0 Å². The third kappa shape index (κ3) is 3.34. The molecule has 0 radical (unpaired) electrons. The van der Waals surface area contributed by atoms with Gasteiger partial charge in [-0.25, -0.2) is 0 Å². The van der Waals surface area contributed by atoms with Crippen molar-refractivity contribution in [3.63, 3.8) is 0 Å². The van der Waals surface area contributed by atoms with Crippen molar-refractivity contribution in [2.45, 2.75) is 6.54 Å². The van der Waals surface area contributed by atoms with Crippen LogP contribution in [0, 0.1) is 0 Å². The van der Waals surface area contributed by atoms with E-state index in [1.165, 1.54) is 0 Å². The van der Waals surface area contributed by atoms with E-state index in [1.807, 2.05) is 18.2 Å². The molecule has 72 valence electrons. The summed E-state index contributed by atoms with van der Waals surface area (Å²) in [6.07, 6.45) is 0. The molecule has 0 atom stereocenters. The van der Waals surface area contributed by atoms with Gasteiger partial charge in [-0.05, 0) is 23.8 Å². The molecule has 0 aliphatic carbocycles. The molecule has 0 bridgehead atoms. The fourth-order valence-corrected chi connectivity index (χ4v) is 1.51. The Balaban J connectivity index is 2.76. The number of hydrogen-bond acceptors (Lipinski definition) is 3. The van der Waals surface area contributed by atoms with Crippen molar-refractivity contribution in [3.8, 4) is 5.75 Å². The largest absolute Gasteiger partial charge is 0.491 e. The van der Waals surface area contributed by atoms with Crippen molar-refractivity contribution in [3.05, 3.63) is 28.2 Å². The Labute approximate surface area is 85.6 Å². The average molecular weight is 246 g/mol. The van der Waals surface area contributed by atoms with Gasteiger partial charge >= 0.3 is 0 Å². The molecule has 3 nitrogen and oxygen atoms in total. The minimum absolute atomic E-state index is 0.0183. The van der Waals surface area contributed by atoms with E-state index in [0.29, 0.717) is 13.2 Å². The summed E-state index contributed by atoms with van der Waals surface area (Å²) in [5.41, 5.74) is 6.49. The molecule has 3 N–H and O–H groups in total. The summed E-state index contributed by atoms with van der Waals surface area (Å²) in [7, 11) is 0. The third-order valence-electron chi connectivity index (χ3n) is 1.53. The highest BCUT2D eigenvalue weighted by Crippen LogP contribution is 2.21. The second-order valence-electron chi connectivity index (χ2n) is 2.57. The lowest BCUT2D eigenvalue weighted by Crippen LogP contribution is -2.03. The van der Waals surface area contributed by atoms with Crippen LogP contribution in [0.4, 0.5) is 0 Å². The summed E-state index contributed by atoms with van der Waals surface area (Å²) in [6, 6.07) is 5.64. The summed E-state index contributed by atoms with van der Waals surface area (Å²) in [6.45, 7) is 0.805. The molecule has 0 aliphatic heterocycles. The van der Waals surface area contributed by atoms with E-state index in [-0.39, 0.29) is 6.61 Å². The fraction of sp³-hybridized carbons (Fsp3) is 0.333. The topological polar surface area (TPSA) is 55.5 Å². The van der Waals surface area contributed by atoms with Gasteiger partial charge in [0.15, 0.2) is 0 Å². The van der Waals surface area contributed by atoms with Gasteiger partial charge in [0.05, 0.1) is 6.61 Å². The maximum atomic E-state index is 8.56. The van der Waals surface area contributed by atoms with Gasteiger partial charge in [0, 0.05) is 11.0 Å². The molecule has 0 heterocycles. The zero-order valence-electron chi connectivity index (χ0n) is 7.16. The molecule has 1 aromatic rings. The molecule has 0 fully saturated rings. The highest BCUT2D eigenvalue weighted by molar-refractivity contribution is 9.10. The summed E-state index contributed by atoms with van der Waals surface area (Å²) in [4.78, 5) is 0. The van der Waals surface area contributed by atoms with Crippen LogP contribution in [0.15, 0.2) is 22.7 Å². The molecule has 13 heavy (non-hydrogen) atoms. The molecule has 0 saturated carbocycles. The van der Waals surface area contributed by atoms with Gasteiger partial charge in [0.25, 0.3) is 0 Å². The normalized spacial score (nSPS) is 10.1. The van der Waals surface area contributed by atoms with E-state index in [2.05, 4.69) is 15.9 Å². The Morgan fingerprint density at radius 1 is 1.38 bits per heavy atom. The van der Waals surface area contributed by atoms with Crippen molar-refractivity contribution in [1.82, 2.24) is 0 Å². The van der Waals surface area contributed by atoms with Crippen LogP contribution in [-0.4, -0.2) is 18.3 Å². The molecule has 0 spiro atoms. The van der Waals surface area contributed by atoms with Gasteiger partial charge in [0.1, 0.15) is 12.4 Å². The van der Waals surface area contributed by atoms with Crippen molar-refractivity contribution in [2.24, 2.45) is 5.73 Å². The molecule has 0 aliphatic rings. The van der Waals surface area contributed by atoms with Crippen molar-refractivity contribution in [2.75, 3.05) is 13.2 Å². The number of halogens is 1. The van der Waals surface area contributed by atoms with Gasteiger partial charge in [-0.1, -0.05) is 15.9 Å². The second-order valence-corrected chi connectivity index (χ2v) is 3.49. The van der Waals surface area contributed by atoms with E-state index in [4.69, 9.17) is 15.6 Å². The lowest BCUT2D eigenvalue weighted by molar-refractivity contribution is 0.201. The Kier molecular flexibility index (Phi) is 4.21. The highest BCUT2D eigenvalue weighted by atomic mass is 79.9. The van der Waals surface area contributed by atoms with Crippen LogP contribution in [-0.2, 0) is 6.54 Å². The summed E-state index contributed by atoms with van der Waals surface area (Å²) < 4.78 is 6.18. The van der Waals surface area contributed by atoms with Crippen molar-refractivity contribution in [1.29, 1.82) is 0 Å². The first-order valence-electron chi connectivity index (χ1n) is 3.99. The summed E-state index contributed by atoms with van der Waals surface area (Å²) >= 11 is 3.35. The monoisotopic (exact) mass is 245 g/mol. The minimum atomic E-state index is 0.0183. The van der Waals surface area contributed by atoms with Gasteiger partial charge < -0.3 is 15.6 Å². The molecule has 1 aromatic carbocycles. The standard InChI is InChI=1S/C9H12BrNO2/c10-8-3-7(6-11)4-9(5-8)13-2-1-12/h3-5,12H,1-2,6,11H2. The first-order valence-corrected chi connectivity index (χ1v) is 4.78. The van der Waals surface area contributed by atoms with Crippen LogP contribution >= 0.6 is 15.9 Å². The molecule has 4 heteroatoms. The van der Waals surface area contributed by atoms with Crippen LogP contribution in [0.25, 0.3) is 0 Å². The molecule has 0 unspecified atom stereocenters. The molecular weight excluding hydrogens is 234 g/mol. The van der Waals surface area contributed by atoms with Crippen LogP contribution in [0.3, 0.4) is 0 Å². The van der Waals surface area contributed by atoms with E-state index in [9.17, 15) is 0 Å². The SMILES string of the molecule is NCc1cc(Br)cc(OCCO)c1. The van der Waals surface area contributed by atoms with Crippen LogP contribution in [0.1, 0.15) is 5.56 Å². The van der Waals surface area contributed by atoms with E-state index < -0.39 is 0 Å². The smallest absolute Gasteiger partial charge is 0.120 e. The van der Waals surface area contributed by atoms with Gasteiger partial charge in [0.2, 0.25) is 0 Å². The van der Waals surface area contributed by atoms with E-state index >= 15 is 0 Å². The van der Waals surface area contributed by atoms with Crippen LogP contribution < -0.4 is 10.5 Å². The molecule has 1 rings (SSSR count). The lowest BCUT2D eigenvalue weighted by Gasteiger charge is -2.06. The zero-order valence-corrected chi connectivity index (χ0v) is 8.75. The predicted octanol–water partition coefficient (Wildman–Crippen LogP) is 1.28. The molecule has 0 saturated heterocycles. The molecule has 0 amide bonds. The highest BCUT2D eigenvalue weighted by Gasteiger charge is 1.98. The maximum Gasteiger partial charge on any atom is 0.120 e. The van der Waals surface area contributed by atoms with E-state index in [1.54, 1.807) is 0 Å². The summed E-state index contributed by atoms with van der Waals surface area (Å²) in [5, 5.41) is 8.56. The van der Waals surface area contributed by atoms with Crippen LogP contribution in [0.5, 0.6) is 5.75 Å². The number of aliphatic hydroxyl groups is 1. The average Bonchev–Trinajstić information content (AvgIpc) is 2.14. The third-order valence-corrected chi connectivity index (χ3v) is 1.98. The molecule has 0 aromatic heterocycles. The molecular formula is C9H12BrNO2. The van der Waals surface area contributed by atoms with Crippen LogP contribution in [0.2, 0.25) is 0 Å². The predicted molar refractivity (Wildman–Crippen MR) is 54.6 cm³/mol.